The summed E-state index contributed by atoms with van der Waals surface area (Å²) in [5, 5.41) is 0. The summed E-state index contributed by atoms with van der Waals surface area (Å²) in [5.74, 6) is 0.574. The van der Waals surface area contributed by atoms with Gasteiger partial charge in [0.1, 0.15) is 6.54 Å². The Morgan fingerprint density at radius 2 is 2.31 bits per heavy atom. The number of methoxy groups -OCH3 is 1. The highest BCUT2D eigenvalue weighted by atomic mass is 16.5. The summed E-state index contributed by atoms with van der Waals surface area (Å²) in [6, 6.07) is 1.64. The lowest BCUT2D eigenvalue weighted by Gasteiger charge is -2.15. The van der Waals surface area contributed by atoms with E-state index in [-0.39, 0.29) is 12.5 Å². The molecule has 0 aliphatic carbocycles. The van der Waals surface area contributed by atoms with Crippen LogP contribution in [0, 0.1) is 0 Å². The second-order valence-electron chi connectivity index (χ2n) is 3.06. The van der Waals surface area contributed by atoms with E-state index in [2.05, 4.69) is 9.97 Å². The van der Waals surface area contributed by atoms with E-state index in [1.807, 2.05) is 0 Å². The molecule has 0 unspecified atom stereocenters. The van der Waals surface area contributed by atoms with Crippen LogP contribution in [0.4, 0.5) is 5.95 Å². The zero-order valence-corrected chi connectivity index (χ0v) is 9.64. The summed E-state index contributed by atoms with van der Waals surface area (Å²) in [6.45, 7) is 2.24. The summed E-state index contributed by atoms with van der Waals surface area (Å²) >= 11 is 0. The van der Waals surface area contributed by atoms with Crippen LogP contribution in [0.1, 0.15) is 6.92 Å². The smallest absolute Gasteiger partial charge is 0.325 e. The molecule has 88 valence electrons. The van der Waals surface area contributed by atoms with Crippen LogP contribution in [0.2, 0.25) is 0 Å². The fraction of sp³-hybridized carbons (Fsp3) is 0.500. The summed E-state index contributed by atoms with van der Waals surface area (Å²) in [5.41, 5.74) is 0. The van der Waals surface area contributed by atoms with Crippen molar-refractivity contribution in [1.82, 2.24) is 9.97 Å². The molecule has 0 aromatic carbocycles. The van der Waals surface area contributed by atoms with Gasteiger partial charge in [0.2, 0.25) is 11.8 Å². The lowest BCUT2D eigenvalue weighted by molar-refractivity contribution is -0.141. The zero-order valence-electron chi connectivity index (χ0n) is 9.64. The lowest BCUT2D eigenvalue weighted by atomic mass is 10.5. The third kappa shape index (κ3) is 3.38. The topological polar surface area (TPSA) is 64.5 Å². The van der Waals surface area contributed by atoms with Crippen LogP contribution in [0.3, 0.4) is 0 Å². The number of likely N-dealkylation sites (N-methyl/N-ethyl adjacent to an activating group) is 1. The number of esters is 1. The van der Waals surface area contributed by atoms with Crippen molar-refractivity contribution in [2.75, 3.05) is 32.2 Å². The van der Waals surface area contributed by atoms with E-state index in [0.29, 0.717) is 18.4 Å². The molecule has 0 radical (unpaired) electrons. The molecule has 0 fully saturated rings. The molecular weight excluding hydrogens is 210 g/mol. The SMILES string of the molecule is CCOC(=O)CN(C)c1nccc(OC)n1. The van der Waals surface area contributed by atoms with Gasteiger partial charge in [-0.05, 0) is 6.92 Å². The monoisotopic (exact) mass is 225 g/mol. The average Bonchev–Trinajstić information content (AvgIpc) is 2.29. The van der Waals surface area contributed by atoms with Crippen molar-refractivity contribution in [1.29, 1.82) is 0 Å². The third-order valence-electron chi connectivity index (χ3n) is 1.84. The van der Waals surface area contributed by atoms with Crippen LogP contribution in [0.15, 0.2) is 12.3 Å². The van der Waals surface area contributed by atoms with Gasteiger partial charge in [0, 0.05) is 19.3 Å². The van der Waals surface area contributed by atoms with Gasteiger partial charge >= 0.3 is 5.97 Å². The Kier molecular flexibility index (Phi) is 4.50. The molecule has 16 heavy (non-hydrogen) atoms. The molecule has 6 nitrogen and oxygen atoms in total. The van der Waals surface area contributed by atoms with Crippen molar-refractivity contribution in [2.45, 2.75) is 6.92 Å². The van der Waals surface area contributed by atoms with Crippen LogP contribution in [0.5, 0.6) is 5.88 Å². The van der Waals surface area contributed by atoms with E-state index in [1.165, 1.54) is 7.11 Å². The summed E-state index contributed by atoms with van der Waals surface area (Å²) in [6.07, 6.45) is 1.57. The van der Waals surface area contributed by atoms with Crippen LogP contribution < -0.4 is 9.64 Å². The minimum Gasteiger partial charge on any atom is -0.481 e. The molecule has 0 saturated carbocycles. The van der Waals surface area contributed by atoms with Crippen LogP contribution in [-0.2, 0) is 9.53 Å². The van der Waals surface area contributed by atoms with E-state index < -0.39 is 0 Å². The molecule has 0 aliphatic heterocycles. The van der Waals surface area contributed by atoms with Crippen molar-refractivity contribution in [2.24, 2.45) is 0 Å². The first-order valence-electron chi connectivity index (χ1n) is 4.91. The van der Waals surface area contributed by atoms with Gasteiger partial charge in [0.25, 0.3) is 0 Å². The molecule has 0 saturated heterocycles. The minimum atomic E-state index is -0.309. The Hall–Kier alpha value is -1.85. The maximum absolute atomic E-state index is 11.2. The number of anilines is 1. The second-order valence-corrected chi connectivity index (χ2v) is 3.06. The van der Waals surface area contributed by atoms with Crippen molar-refractivity contribution < 1.29 is 14.3 Å². The average molecular weight is 225 g/mol. The number of rotatable bonds is 5. The van der Waals surface area contributed by atoms with Crippen molar-refractivity contribution >= 4 is 11.9 Å². The molecule has 0 aliphatic rings. The molecular formula is C10H15N3O3. The molecule has 0 amide bonds. The van der Waals surface area contributed by atoms with Gasteiger partial charge in [0.15, 0.2) is 0 Å². The predicted octanol–water partition coefficient (Wildman–Crippen LogP) is 0.484. The van der Waals surface area contributed by atoms with Gasteiger partial charge < -0.3 is 14.4 Å². The maximum Gasteiger partial charge on any atom is 0.325 e. The molecule has 0 atom stereocenters. The highest BCUT2D eigenvalue weighted by molar-refractivity contribution is 5.74. The molecule has 1 rings (SSSR count). The third-order valence-corrected chi connectivity index (χ3v) is 1.84. The van der Waals surface area contributed by atoms with E-state index in [4.69, 9.17) is 9.47 Å². The predicted molar refractivity (Wildman–Crippen MR) is 58.5 cm³/mol. The van der Waals surface area contributed by atoms with Crippen LogP contribution in [-0.4, -0.2) is 43.2 Å². The summed E-state index contributed by atoms with van der Waals surface area (Å²) < 4.78 is 9.79. The molecule has 1 heterocycles. The first kappa shape index (κ1) is 12.2. The first-order valence-corrected chi connectivity index (χ1v) is 4.91. The Morgan fingerprint density at radius 1 is 1.56 bits per heavy atom. The summed E-state index contributed by atoms with van der Waals surface area (Å²) in [4.78, 5) is 20.9. The number of carbonyl (C=O) groups excluding carboxylic acids is 1. The fourth-order valence-corrected chi connectivity index (χ4v) is 1.10. The molecule has 6 heteroatoms. The molecule has 1 aromatic heterocycles. The second kappa shape index (κ2) is 5.89. The van der Waals surface area contributed by atoms with Gasteiger partial charge in [-0.3, -0.25) is 4.79 Å². The largest absolute Gasteiger partial charge is 0.481 e. The fourth-order valence-electron chi connectivity index (χ4n) is 1.10. The number of hydrogen-bond acceptors (Lipinski definition) is 6. The highest BCUT2D eigenvalue weighted by Gasteiger charge is 2.10. The number of aromatic nitrogens is 2. The molecule has 1 aromatic rings. The molecule has 0 spiro atoms. The van der Waals surface area contributed by atoms with Gasteiger partial charge in [-0.25, -0.2) is 4.98 Å². The van der Waals surface area contributed by atoms with Crippen LogP contribution in [0.25, 0.3) is 0 Å². The Labute approximate surface area is 94.2 Å². The number of carbonyl (C=O) groups is 1. The quantitative estimate of drug-likeness (QED) is 0.679. The standard InChI is InChI=1S/C10H15N3O3/c1-4-16-9(14)7-13(2)10-11-6-5-8(12-10)15-3/h5-6H,4,7H2,1-3H3. The maximum atomic E-state index is 11.2. The van der Waals surface area contributed by atoms with Gasteiger partial charge in [0.05, 0.1) is 13.7 Å². The Balaban J connectivity index is 2.64. The van der Waals surface area contributed by atoms with E-state index in [0.717, 1.165) is 0 Å². The normalized spacial score (nSPS) is 9.69. The van der Waals surface area contributed by atoms with Gasteiger partial charge in [-0.1, -0.05) is 0 Å². The van der Waals surface area contributed by atoms with Gasteiger partial charge in [-0.15, -0.1) is 0 Å². The Morgan fingerprint density at radius 3 is 2.94 bits per heavy atom. The van der Waals surface area contributed by atoms with Crippen LogP contribution >= 0.6 is 0 Å². The summed E-state index contributed by atoms with van der Waals surface area (Å²) in [7, 11) is 3.24. The number of hydrogen-bond donors (Lipinski definition) is 0. The van der Waals surface area contributed by atoms with E-state index in [9.17, 15) is 4.79 Å². The number of nitrogens with zero attached hydrogens (tertiary/aromatic N) is 3. The van der Waals surface area contributed by atoms with E-state index in [1.54, 1.807) is 31.1 Å². The Bertz CT molecular complexity index is 357. The number of ether oxygens (including phenoxy) is 2. The minimum absolute atomic E-state index is 0.112. The van der Waals surface area contributed by atoms with Gasteiger partial charge in [-0.2, -0.15) is 4.98 Å². The van der Waals surface area contributed by atoms with E-state index >= 15 is 0 Å². The van der Waals surface area contributed by atoms with Crippen molar-refractivity contribution in [3.63, 3.8) is 0 Å². The molecule has 0 bridgehead atoms. The highest BCUT2D eigenvalue weighted by Crippen LogP contribution is 2.10. The van der Waals surface area contributed by atoms with Crippen molar-refractivity contribution in [3.05, 3.63) is 12.3 Å². The lowest BCUT2D eigenvalue weighted by Crippen LogP contribution is -2.28. The zero-order chi connectivity index (χ0) is 12.0. The van der Waals surface area contributed by atoms with Crippen molar-refractivity contribution in [3.8, 4) is 5.88 Å². The first-order chi connectivity index (χ1) is 7.67. The molecule has 0 N–H and O–H groups in total.